The number of aryl methyl sites for hydroxylation is 1. The molecule has 2 saturated heterocycles. The Labute approximate surface area is 219 Å². The minimum absolute atomic E-state index is 0.648. The van der Waals surface area contributed by atoms with E-state index in [1.807, 2.05) is 6.07 Å². The molecule has 0 radical (unpaired) electrons. The van der Waals surface area contributed by atoms with Crippen molar-refractivity contribution in [2.24, 2.45) is 11.8 Å². The second kappa shape index (κ2) is 13.2. The van der Waals surface area contributed by atoms with Crippen LogP contribution in [0.3, 0.4) is 0 Å². The molecule has 0 unspecified atom stereocenters. The van der Waals surface area contributed by atoms with E-state index in [1.165, 1.54) is 57.6 Å². The fourth-order valence-corrected chi connectivity index (χ4v) is 6.12. The van der Waals surface area contributed by atoms with E-state index in [4.69, 9.17) is 9.40 Å². The molecule has 2 aromatic rings. The summed E-state index contributed by atoms with van der Waals surface area (Å²) in [7, 11) is 0. The lowest BCUT2D eigenvalue weighted by atomic mass is 10.00. The summed E-state index contributed by atoms with van der Waals surface area (Å²) in [6.45, 7) is 20.3. The summed E-state index contributed by atoms with van der Waals surface area (Å²) in [6.07, 6.45) is 6.78. The first kappa shape index (κ1) is 27.3. The predicted octanol–water partition coefficient (Wildman–Crippen LogP) is 5.44. The monoisotopic (exact) mass is 495 g/mol. The molecule has 0 amide bonds. The van der Waals surface area contributed by atoms with Crippen LogP contribution in [0.25, 0.3) is 0 Å². The van der Waals surface area contributed by atoms with Gasteiger partial charge in [-0.05, 0) is 68.7 Å². The van der Waals surface area contributed by atoms with Crippen LogP contribution in [0.2, 0.25) is 0 Å². The standard InChI is InChI=1S/C30H49N5O/c1-24(2)20-32(22-27-9-6-8-26(5)31-27)28-11-15-34(16-12-28)35-17-13-29(14-18-35)33(21-25(3)4)23-30-10-7-19-36-30/h6-10,19,24-25,28-29H,11-18,20-23H2,1-5H3. The highest BCUT2D eigenvalue weighted by Gasteiger charge is 2.32. The van der Waals surface area contributed by atoms with Crippen LogP contribution in [0.5, 0.6) is 0 Å². The van der Waals surface area contributed by atoms with E-state index < -0.39 is 0 Å². The Kier molecular flexibility index (Phi) is 10.00. The van der Waals surface area contributed by atoms with Gasteiger partial charge in [0.05, 0.1) is 18.5 Å². The molecule has 0 aromatic carbocycles. The summed E-state index contributed by atoms with van der Waals surface area (Å²) in [5, 5.41) is 5.31. The van der Waals surface area contributed by atoms with E-state index in [0.29, 0.717) is 23.9 Å². The maximum atomic E-state index is 5.68. The van der Waals surface area contributed by atoms with Gasteiger partial charge in [0.2, 0.25) is 0 Å². The summed E-state index contributed by atoms with van der Waals surface area (Å²) in [5.74, 6) is 2.43. The van der Waals surface area contributed by atoms with Crippen LogP contribution in [0.15, 0.2) is 41.0 Å². The zero-order valence-corrected chi connectivity index (χ0v) is 23.4. The molecule has 2 aliphatic heterocycles. The van der Waals surface area contributed by atoms with Gasteiger partial charge in [0.1, 0.15) is 5.76 Å². The van der Waals surface area contributed by atoms with Crippen LogP contribution >= 0.6 is 0 Å². The minimum Gasteiger partial charge on any atom is -0.468 e. The molecule has 0 N–H and O–H groups in total. The lowest BCUT2D eigenvalue weighted by Gasteiger charge is -2.46. The molecule has 0 atom stereocenters. The summed E-state index contributed by atoms with van der Waals surface area (Å²) in [4.78, 5) is 10.2. The molecule has 0 spiro atoms. The van der Waals surface area contributed by atoms with Gasteiger partial charge in [0.25, 0.3) is 0 Å². The van der Waals surface area contributed by atoms with E-state index in [1.54, 1.807) is 6.26 Å². The molecular formula is C30H49N5O. The van der Waals surface area contributed by atoms with Gasteiger partial charge in [-0.1, -0.05) is 33.8 Å². The van der Waals surface area contributed by atoms with Crippen molar-refractivity contribution in [3.63, 3.8) is 0 Å². The first-order valence-corrected chi connectivity index (χ1v) is 14.3. The lowest BCUT2D eigenvalue weighted by Crippen LogP contribution is -2.55. The topological polar surface area (TPSA) is 39.0 Å². The number of rotatable bonds is 11. The van der Waals surface area contributed by atoms with Crippen LogP contribution in [-0.4, -0.2) is 76.2 Å². The summed E-state index contributed by atoms with van der Waals surface area (Å²) < 4.78 is 5.68. The van der Waals surface area contributed by atoms with E-state index in [9.17, 15) is 0 Å². The third kappa shape index (κ3) is 7.88. The molecule has 200 valence electrons. The summed E-state index contributed by atoms with van der Waals surface area (Å²) >= 11 is 0. The summed E-state index contributed by atoms with van der Waals surface area (Å²) in [5.41, 5.74) is 2.33. The molecule has 36 heavy (non-hydrogen) atoms. The van der Waals surface area contributed by atoms with Crippen molar-refractivity contribution >= 4 is 0 Å². The number of aromatic nitrogens is 1. The molecule has 6 nitrogen and oxygen atoms in total. The van der Waals surface area contributed by atoms with E-state index in [2.05, 4.69) is 78.7 Å². The van der Waals surface area contributed by atoms with Crippen molar-refractivity contribution in [3.05, 3.63) is 53.7 Å². The third-order valence-electron chi connectivity index (χ3n) is 7.76. The maximum absolute atomic E-state index is 5.68. The van der Waals surface area contributed by atoms with Crippen molar-refractivity contribution in [2.75, 3.05) is 39.3 Å². The van der Waals surface area contributed by atoms with Gasteiger partial charge in [-0.2, -0.15) is 0 Å². The third-order valence-corrected chi connectivity index (χ3v) is 7.76. The Morgan fingerprint density at radius 2 is 1.36 bits per heavy atom. The molecule has 0 bridgehead atoms. The Morgan fingerprint density at radius 3 is 1.83 bits per heavy atom. The van der Waals surface area contributed by atoms with Crippen LogP contribution in [-0.2, 0) is 13.1 Å². The molecule has 2 aliphatic rings. The fourth-order valence-electron chi connectivity index (χ4n) is 6.12. The average molecular weight is 496 g/mol. The maximum Gasteiger partial charge on any atom is 0.117 e. The predicted molar refractivity (Wildman–Crippen MR) is 147 cm³/mol. The molecule has 4 rings (SSSR count). The van der Waals surface area contributed by atoms with Crippen LogP contribution in [0.4, 0.5) is 0 Å². The van der Waals surface area contributed by atoms with E-state index in [-0.39, 0.29) is 0 Å². The number of hydrogen-bond donors (Lipinski definition) is 0. The van der Waals surface area contributed by atoms with Crippen LogP contribution < -0.4 is 0 Å². The smallest absolute Gasteiger partial charge is 0.117 e. The van der Waals surface area contributed by atoms with Gasteiger partial charge in [0, 0.05) is 63.6 Å². The first-order chi connectivity index (χ1) is 17.4. The highest BCUT2D eigenvalue weighted by molar-refractivity contribution is 5.10. The fraction of sp³-hybridized carbons (Fsp3) is 0.700. The lowest BCUT2D eigenvalue weighted by molar-refractivity contribution is -0.0816. The zero-order chi connectivity index (χ0) is 25.5. The van der Waals surface area contributed by atoms with Gasteiger partial charge in [-0.25, -0.2) is 10.0 Å². The van der Waals surface area contributed by atoms with E-state index in [0.717, 1.165) is 37.6 Å². The SMILES string of the molecule is Cc1cccc(CN(CC(C)C)C2CCN(N3CCC(N(Cc4ccco4)CC(C)C)CC3)CC2)n1. The van der Waals surface area contributed by atoms with Crippen molar-refractivity contribution in [1.82, 2.24) is 24.8 Å². The van der Waals surface area contributed by atoms with Gasteiger partial charge in [0.15, 0.2) is 0 Å². The Hall–Kier alpha value is -1.73. The number of hydrazine groups is 1. The molecule has 2 aromatic heterocycles. The average Bonchev–Trinajstić information content (AvgIpc) is 3.36. The second-order valence-corrected chi connectivity index (χ2v) is 11.9. The molecule has 0 saturated carbocycles. The Bertz CT molecular complexity index is 883. The Balaban J connectivity index is 1.28. The van der Waals surface area contributed by atoms with Crippen molar-refractivity contribution in [3.8, 4) is 0 Å². The summed E-state index contributed by atoms with van der Waals surface area (Å²) in [6, 6.07) is 11.9. The molecule has 6 heteroatoms. The van der Waals surface area contributed by atoms with E-state index >= 15 is 0 Å². The van der Waals surface area contributed by atoms with Gasteiger partial charge >= 0.3 is 0 Å². The van der Waals surface area contributed by atoms with Gasteiger partial charge < -0.3 is 4.42 Å². The van der Waals surface area contributed by atoms with Crippen molar-refractivity contribution in [2.45, 2.75) is 85.5 Å². The molecule has 0 aliphatic carbocycles. The van der Waals surface area contributed by atoms with Crippen molar-refractivity contribution < 1.29 is 4.42 Å². The highest BCUT2D eigenvalue weighted by atomic mass is 16.3. The largest absolute Gasteiger partial charge is 0.468 e. The molecule has 4 heterocycles. The van der Waals surface area contributed by atoms with Crippen molar-refractivity contribution in [1.29, 1.82) is 0 Å². The van der Waals surface area contributed by atoms with Gasteiger partial charge in [-0.3, -0.25) is 14.8 Å². The zero-order valence-electron chi connectivity index (χ0n) is 23.4. The number of hydrogen-bond acceptors (Lipinski definition) is 6. The first-order valence-electron chi connectivity index (χ1n) is 14.3. The second-order valence-electron chi connectivity index (χ2n) is 11.9. The Morgan fingerprint density at radius 1 is 0.806 bits per heavy atom. The number of pyridine rings is 1. The number of furan rings is 1. The van der Waals surface area contributed by atoms with Gasteiger partial charge in [-0.15, -0.1) is 0 Å². The highest BCUT2D eigenvalue weighted by Crippen LogP contribution is 2.25. The van der Waals surface area contributed by atoms with Crippen LogP contribution in [0, 0.1) is 18.8 Å². The molecule has 2 fully saturated rings. The number of piperidine rings is 2. The molecular weight excluding hydrogens is 446 g/mol. The normalized spacial score (nSPS) is 19.4. The minimum atomic E-state index is 0.648. The van der Waals surface area contributed by atoms with Crippen LogP contribution in [0.1, 0.15) is 70.5 Å². The number of nitrogens with zero attached hydrogens (tertiary/aromatic N) is 5. The quantitative estimate of drug-likeness (QED) is 0.413.